The fraction of sp³-hybridized carbons (Fsp3) is 0.846. The summed E-state index contributed by atoms with van der Waals surface area (Å²) in [5.74, 6) is -0.742. The number of aliphatic hydroxyl groups is 2. The molecule has 0 aromatic rings. The maximum atomic E-state index is 10.3. The van der Waals surface area contributed by atoms with Gasteiger partial charge < -0.3 is 24.4 Å². The summed E-state index contributed by atoms with van der Waals surface area (Å²) < 4.78 is 14.1. The van der Waals surface area contributed by atoms with Gasteiger partial charge in [0.15, 0.2) is 0 Å². The number of rotatable bonds is 6. The Morgan fingerprint density at radius 3 is 1.65 bits per heavy atom. The van der Waals surface area contributed by atoms with E-state index >= 15 is 0 Å². The Balaban J connectivity index is -0.000000266. The van der Waals surface area contributed by atoms with Gasteiger partial charge in [-0.1, -0.05) is 0 Å². The van der Waals surface area contributed by atoms with Crippen LogP contribution in [0.25, 0.3) is 0 Å². The molecule has 7 nitrogen and oxygen atoms in total. The van der Waals surface area contributed by atoms with Crippen molar-refractivity contribution in [3.63, 3.8) is 0 Å². The van der Waals surface area contributed by atoms with Gasteiger partial charge in [-0.05, 0) is 20.8 Å². The number of carbonyl (C=O) groups excluding carboxylic acids is 2. The first kappa shape index (κ1) is 23.9. The van der Waals surface area contributed by atoms with Gasteiger partial charge in [0.2, 0.25) is 0 Å². The molecule has 0 heterocycles. The normalized spacial score (nSPS) is 10.2. The van der Waals surface area contributed by atoms with Gasteiger partial charge in [0.1, 0.15) is 12.7 Å². The molecular formula is C13H28O7. The second-order valence-electron chi connectivity index (χ2n) is 3.45. The second kappa shape index (κ2) is 20.1. The highest BCUT2D eigenvalue weighted by Gasteiger charge is 2.06. The minimum Gasteiger partial charge on any atom is -0.462 e. The number of hydrogen-bond donors (Lipinski definition) is 2. The molecule has 7 heteroatoms. The van der Waals surface area contributed by atoms with Crippen LogP contribution in [0, 0.1) is 0 Å². The van der Waals surface area contributed by atoms with Crippen molar-refractivity contribution in [3.05, 3.63) is 0 Å². The second-order valence-corrected chi connectivity index (χ2v) is 3.45. The minimum absolute atomic E-state index is 0.120. The van der Waals surface area contributed by atoms with Gasteiger partial charge in [-0.3, -0.25) is 9.59 Å². The largest absolute Gasteiger partial charge is 0.462 e. The molecule has 0 fully saturated rings. The van der Waals surface area contributed by atoms with Crippen molar-refractivity contribution in [2.75, 3.05) is 33.0 Å². The third kappa shape index (κ3) is 36.0. The highest BCUT2D eigenvalue weighted by atomic mass is 16.6. The lowest BCUT2D eigenvalue weighted by atomic mass is 10.4. The first-order valence-corrected chi connectivity index (χ1v) is 6.45. The molecule has 0 aromatic carbocycles. The van der Waals surface area contributed by atoms with E-state index in [2.05, 4.69) is 9.47 Å². The number of esters is 2. The zero-order valence-corrected chi connectivity index (χ0v) is 13.0. The SMILES string of the molecule is CC(=O)OCC(C)OC(C)=O.CCOCC.OCCO. The number of carbonyl (C=O) groups is 2. The van der Waals surface area contributed by atoms with Crippen LogP contribution in [0.4, 0.5) is 0 Å². The fourth-order valence-electron chi connectivity index (χ4n) is 0.756. The third-order valence-corrected chi connectivity index (χ3v) is 1.40. The van der Waals surface area contributed by atoms with Crippen molar-refractivity contribution < 1.29 is 34.0 Å². The smallest absolute Gasteiger partial charge is 0.303 e. The Kier molecular flexibility index (Phi) is 24.1. The van der Waals surface area contributed by atoms with Crippen LogP contribution in [0.15, 0.2) is 0 Å². The summed E-state index contributed by atoms with van der Waals surface area (Å²) in [6.07, 6.45) is -0.364. The van der Waals surface area contributed by atoms with Crippen LogP contribution in [-0.2, 0) is 23.8 Å². The molecule has 0 amide bonds. The van der Waals surface area contributed by atoms with Crippen molar-refractivity contribution in [1.82, 2.24) is 0 Å². The van der Waals surface area contributed by atoms with E-state index in [-0.39, 0.29) is 37.9 Å². The molecule has 2 N–H and O–H groups in total. The molecule has 0 spiro atoms. The molecule has 0 aliphatic rings. The first-order chi connectivity index (χ1) is 9.35. The van der Waals surface area contributed by atoms with Crippen LogP contribution in [-0.4, -0.2) is 61.3 Å². The van der Waals surface area contributed by atoms with Crippen molar-refractivity contribution in [2.24, 2.45) is 0 Å². The van der Waals surface area contributed by atoms with Crippen LogP contribution in [0.3, 0.4) is 0 Å². The van der Waals surface area contributed by atoms with E-state index in [9.17, 15) is 9.59 Å². The lowest BCUT2D eigenvalue weighted by Gasteiger charge is -2.10. The minimum atomic E-state index is -0.371. The van der Waals surface area contributed by atoms with Gasteiger partial charge in [-0.2, -0.15) is 0 Å². The monoisotopic (exact) mass is 296 g/mol. The standard InChI is InChI=1S/C7H12O4.C4H10O.C2H6O2/c1-5(11-7(3)9)4-10-6(2)8;1-3-5-4-2;3-1-2-4/h5H,4H2,1-3H3;3-4H2,1-2H3;3-4H,1-2H2. The van der Waals surface area contributed by atoms with E-state index in [1.54, 1.807) is 6.92 Å². The quantitative estimate of drug-likeness (QED) is 0.689. The van der Waals surface area contributed by atoms with Crippen LogP contribution >= 0.6 is 0 Å². The molecule has 0 saturated heterocycles. The molecule has 1 unspecified atom stereocenters. The van der Waals surface area contributed by atoms with Gasteiger partial charge in [0.05, 0.1) is 13.2 Å². The molecule has 1 atom stereocenters. The molecule has 0 saturated carbocycles. The number of ether oxygens (including phenoxy) is 3. The van der Waals surface area contributed by atoms with Gasteiger partial charge in [0.25, 0.3) is 0 Å². The third-order valence-electron chi connectivity index (χ3n) is 1.40. The summed E-state index contributed by atoms with van der Waals surface area (Å²) in [7, 11) is 0. The maximum Gasteiger partial charge on any atom is 0.303 e. The summed E-state index contributed by atoms with van der Waals surface area (Å²) in [4.78, 5) is 20.6. The van der Waals surface area contributed by atoms with Crippen molar-refractivity contribution >= 4 is 11.9 Å². The van der Waals surface area contributed by atoms with Crippen molar-refractivity contribution in [2.45, 2.75) is 40.7 Å². The Morgan fingerprint density at radius 2 is 1.45 bits per heavy atom. The topological polar surface area (TPSA) is 102 Å². The molecule has 0 rings (SSSR count). The molecule has 0 aliphatic carbocycles. The Morgan fingerprint density at radius 1 is 1.00 bits per heavy atom. The van der Waals surface area contributed by atoms with Gasteiger partial charge >= 0.3 is 11.9 Å². The Labute approximate surface area is 120 Å². The van der Waals surface area contributed by atoms with Crippen molar-refractivity contribution in [3.8, 4) is 0 Å². The Bertz CT molecular complexity index is 215. The molecule has 122 valence electrons. The van der Waals surface area contributed by atoms with Crippen LogP contribution in [0.2, 0.25) is 0 Å². The van der Waals surface area contributed by atoms with E-state index in [4.69, 9.17) is 14.9 Å². The highest BCUT2D eigenvalue weighted by Crippen LogP contribution is 1.92. The highest BCUT2D eigenvalue weighted by molar-refractivity contribution is 5.67. The van der Waals surface area contributed by atoms with E-state index in [1.807, 2.05) is 13.8 Å². The van der Waals surface area contributed by atoms with Crippen LogP contribution in [0.1, 0.15) is 34.6 Å². The van der Waals surface area contributed by atoms with Crippen molar-refractivity contribution in [1.29, 1.82) is 0 Å². The predicted molar refractivity (Wildman–Crippen MR) is 74.2 cm³/mol. The molecule has 0 radical (unpaired) electrons. The van der Waals surface area contributed by atoms with E-state index < -0.39 is 0 Å². The average molecular weight is 296 g/mol. The van der Waals surface area contributed by atoms with E-state index in [0.29, 0.717) is 0 Å². The van der Waals surface area contributed by atoms with Gasteiger partial charge in [0, 0.05) is 27.1 Å². The zero-order valence-electron chi connectivity index (χ0n) is 13.0. The average Bonchev–Trinajstić information content (AvgIpc) is 2.37. The van der Waals surface area contributed by atoms with Gasteiger partial charge in [-0.25, -0.2) is 0 Å². The summed E-state index contributed by atoms with van der Waals surface area (Å²) in [6, 6.07) is 0. The summed E-state index contributed by atoms with van der Waals surface area (Å²) in [5.41, 5.74) is 0. The van der Waals surface area contributed by atoms with Gasteiger partial charge in [-0.15, -0.1) is 0 Å². The Hall–Kier alpha value is -1.18. The van der Waals surface area contributed by atoms with E-state index in [0.717, 1.165) is 13.2 Å². The number of aliphatic hydroxyl groups excluding tert-OH is 2. The fourth-order valence-corrected chi connectivity index (χ4v) is 0.756. The number of hydrogen-bond acceptors (Lipinski definition) is 7. The molecule has 0 aromatic heterocycles. The maximum absolute atomic E-state index is 10.3. The molecule has 0 aliphatic heterocycles. The lowest BCUT2D eigenvalue weighted by molar-refractivity contribution is -0.155. The first-order valence-electron chi connectivity index (χ1n) is 6.45. The summed E-state index contributed by atoms with van der Waals surface area (Å²) >= 11 is 0. The van der Waals surface area contributed by atoms with Crippen LogP contribution < -0.4 is 0 Å². The summed E-state index contributed by atoms with van der Waals surface area (Å²) in [5, 5.41) is 15.2. The summed E-state index contributed by atoms with van der Waals surface area (Å²) in [6.45, 7) is 9.81. The van der Waals surface area contributed by atoms with E-state index in [1.165, 1.54) is 13.8 Å². The molecule has 0 bridgehead atoms. The lowest BCUT2D eigenvalue weighted by Crippen LogP contribution is -2.19. The molecule has 20 heavy (non-hydrogen) atoms. The predicted octanol–water partition coefficient (Wildman–Crippen LogP) is 0.515. The zero-order chi connectivity index (χ0) is 16.4. The van der Waals surface area contributed by atoms with Crippen LogP contribution in [0.5, 0.6) is 0 Å². The molecular weight excluding hydrogens is 268 g/mol.